The average Bonchev–Trinajstić information content (AvgIpc) is 2.63. The van der Waals surface area contributed by atoms with E-state index < -0.39 is 0 Å². The van der Waals surface area contributed by atoms with Crippen LogP contribution in [0.2, 0.25) is 0 Å². The molecule has 2 aliphatic rings. The van der Waals surface area contributed by atoms with Crippen LogP contribution in [0.15, 0.2) is 0 Å². The van der Waals surface area contributed by atoms with E-state index in [1.807, 2.05) is 0 Å². The number of nitrogens with one attached hydrogen (secondary N) is 1. The molecule has 1 saturated heterocycles. The lowest BCUT2D eigenvalue weighted by atomic mass is 9.87. The maximum Gasteiger partial charge on any atom is 0.0731 e. The molecule has 0 aromatic carbocycles. The molecule has 0 amide bonds. The van der Waals surface area contributed by atoms with Crippen molar-refractivity contribution in [2.75, 3.05) is 13.7 Å². The maximum absolute atomic E-state index is 5.84. The molecule has 2 unspecified atom stereocenters. The van der Waals surface area contributed by atoms with Crippen LogP contribution in [0.25, 0.3) is 0 Å². The Labute approximate surface area is 93.8 Å². The van der Waals surface area contributed by atoms with Crippen LogP contribution in [0.1, 0.15) is 51.4 Å². The Morgan fingerprint density at radius 1 is 1.00 bits per heavy atom. The van der Waals surface area contributed by atoms with Crippen molar-refractivity contribution in [1.29, 1.82) is 0 Å². The van der Waals surface area contributed by atoms with Gasteiger partial charge in [-0.3, -0.25) is 0 Å². The van der Waals surface area contributed by atoms with Gasteiger partial charge < -0.3 is 10.1 Å². The fourth-order valence-electron chi connectivity index (χ4n) is 3.28. The summed E-state index contributed by atoms with van der Waals surface area (Å²) in [6.07, 6.45) is 11.6. The predicted molar refractivity (Wildman–Crippen MR) is 63.0 cm³/mol. The Bertz CT molecular complexity index is 169. The lowest BCUT2D eigenvalue weighted by molar-refractivity contribution is 0.0573. The van der Waals surface area contributed by atoms with Crippen molar-refractivity contribution >= 4 is 0 Å². The Balaban J connectivity index is 1.91. The summed E-state index contributed by atoms with van der Waals surface area (Å²) in [5, 5.41) is 3.52. The van der Waals surface area contributed by atoms with Crippen molar-refractivity contribution in [1.82, 2.24) is 5.32 Å². The van der Waals surface area contributed by atoms with Gasteiger partial charge in [-0.05, 0) is 38.6 Å². The molecule has 1 N–H and O–H groups in total. The van der Waals surface area contributed by atoms with Gasteiger partial charge in [-0.25, -0.2) is 0 Å². The van der Waals surface area contributed by atoms with Crippen molar-refractivity contribution in [2.24, 2.45) is 5.92 Å². The minimum absolute atomic E-state index is 0.498. The van der Waals surface area contributed by atoms with Crippen molar-refractivity contribution in [2.45, 2.75) is 63.5 Å². The van der Waals surface area contributed by atoms with Crippen LogP contribution in [0.5, 0.6) is 0 Å². The van der Waals surface area contributed by atoms with E-state index in [9.17, 15) is 0 Å². The normalized spacial score (nSPS) is 31.4. The lowest BCUT2D eigenvalue weighted by Crippen LogP contribution is -2.43. The third-order valence-corrected chi connectivity index (χ3v) is 4.11. The van der Waals surface area contributed by atoms with Crippen LogP contribution in [0.4, 0.5) is 0 Å². The van der Waals surface area contributed by atoms with Gasteiger partial charge in [0.25, 0.3) is 0 Å². The van der Waals surface area contributed by atoms with Crippen molar-refractivity contribution in [3.05, 3.63) is 0 Å². The van der Waals surface area contributed by atoms with Crippen LogP contribution in [-0.2, 0) is 4.74 Å². The highest BCUT2D eigenvalue weighted by Crippen LogP contribution is 2.30. The van der Waals surface area contributed by atoms with Crippen LogP contribution >= 0.6 is 0 Å². The molecule has 2 fully saturated rings. The van der Waals surface area contributed by atoms with Gasteiger partial charge in [-0.1, -0.05) is 25.7 Å². The summed E-state index contributed by atoms with van der Waals surface area (Å²) in [7, 11) is 2.11. The number of rotatable bonds is 3. The highest BCUT2D eigenvalue weighted by Gasteiger charge is 2.31. The standard InChI is InChI=1S/C13H25NO/c1-14-13(12-9-6-10-15-12)11-7-4-2-3-5-8-11/h11-14H,2-10H2,1H3. The zero-order valence-corrected chi connectivity index (χ0v) is 10.0. The van der Waals surface area contributed by atoms with Crippen molar-refractivity contribution < 1.29 is 4.74 Å². The first kappa shape index (κ1) is 11.4. The van der Waals surface area contributed by atoms with Crippen LogP contribution in [0.3, 0.4) is 0 Å². The van der Waals surface area contributed by atoms with Gasteiger partial charge in [0.1, 0.15) is 0 Å². The molecule has 2 heteroatoms. The molecule has 2 rings (SSSR count). The summed E-state index contributed by atoms with van der Waals surface area (Å²) in [6, 6.07) is 0.616. The third-order valence-electron chi connectivity index (χ3n) is 4.11. The number of hydrogen-bond donors (Lipinski definition) is 1. The monoisotopic (exact) mass is 211 g/mol. The largest absolute Gasteiger partial charge is 0.377 e. The highest BCUT2D eigenvalue weighted by molar-refractivity contribution is 4.86. The first-order chi connectivity index (χ1) is 7.42. The maximum atomic E-state index is 5.84. The first-order valence-electron chi connectivity index (χ1n) is 6.70. The van der Waals surface area contributed by atoms with Crippen LogP contribution in [0, 0.1) is 5.92 Å². The Hall–Kier alpha value is -0.0800. The molecule has 0 aromatic rings. The Morgan fingerprint density at radius 2 is 1.73 bits per heavy atom. The third kappa shape index (κ3) is 2.94. The van der Waals surface area contributed by atoms with Crippen molar-refractivity contribution in [3.63, 3.8) is 0 Å². The fourth-order valence-corrected chi connectivity index (χ4v) is 3.28. The summed E-state index contributed by atoms with van der Waals surface area (Å²) < 4.78 is 5.84. The molecular weight excluding hydrogens is 186 g/mol. The lowest BCUT2D eigenvalue weighted by Gasteiger charge is -2.30. The van der Waals surface area contributed by atoms with Crippen LogP contribution in [-0.4, -0.2) is 25.8 Å². The molecular formula is C13H25NO. The minimum Gasteiger partial charge on any atom is -0.377 e. The van der Waals surface area contributed by atoms with E-state index >= 15 is 0 Å². The van der Waals surface area contributed by atoms with Gasteiger partial charge in [0.2, 0.25) is 0 Å². The summed E-state index contributed by atoms with van der Waals surface area (Å²) in [6.45, 7) is 0.982. The average molecular weight is 211 g/mol. The second-order valence-corrected chi connectivity index (χ2v) is 5.12. The minimum atomic E-state index is 0.498. The fraction of sp³-hybridized carbons (Fsp3) is 1.00. The Morgan fingerprint density at radius 3 is 2.27 bits per heavy atom. The second-order valence-electron chi connectivity index (χ2n) is 5.12. The summed E-state index contributed by atoms with van der Waals surface area (Å²) in [5.74, 6) is 0.862. The van der Waals surface area contributed by atoms with E-state index in [2.05, 4.69) is 12.4 Å². The van der Waals surface area contributed by atoms with E-state index in [1.165, 1.54) is 51.4 Å². The number of hydrogen-bond acceptors (Lipinski definition) is 2. The second kappa shape index (κ2) is 5.86. The zero-order valence-electron chi connectivity index (χ0n) is 10.0. The molecule has 1 heterocycles. The first-order valence-corrected chi connectivity index (χ1v) is 6.70. The van der Waals surface area contributed by atoms with E-state index in [0.29, 0.717) is 12.1 Å². The molecule has 1 aliphatic carbocycles. The van der Waals surface area contributed by atoms with Crippen LogP contribution < -0.4 is 5.32 Å². The van der Waals surface area contributed by atoms with Crippen molar-refractivity contribution in [3.8, 4) is 0 Å². The molecule has 2 atom stereocenters. The van der Waals surface area contributed by atoms with Gasteiger partial charge in [0, 0.05) is 12.6 Å². The summed E-state index contributed by atoms with van der Waals surface area (Å²) >= 11 is 0. The number of ether oxygens (including phenoxy) is 1. The molecule has 1 aliphatic heterocycles. The summed E-state index contributed by atoms with van der Waals surface area (Å²) in [4.78, 5) is 0. The topological polar surface area (TPSA) is 21.3 Å². The molecule has 15 heavy (non-hydrogen) atoms. The zero-order chi connectivity index (χ0) is 10.5. The van der Waals surface area contributed by atoms with E-state index in [0.717, 1.165) is 12.5 Å². The van der Waals surface area contributed by atoms with Gasteiger partial charge in [0.05, 0.1) is 6.10 Å². The molecule has 0 spiro atoms. The quantitative estimate of drug-likeness (QED) is 0.725. The predicted octanol–water partition coefficient (Wildman–Crippen LogP) is 2.72. The molecule has 1 saturated carbocycles. The van der Waals surface area contributed by atoms with E-state index in [4.69, 9.17) is 4.74 Å². The molecule has 2 nitrogen and oxygen atoms in total. The van der Waals surface area contributed by atoms with E-state index in [1.54, 1.807) is 0 Å². The summed E-state index contributed by atoms with van der Waals surface area (Å²) in [5.41, 5.74) is 0. The SMILES string of the molecule is CNC(C1CCCCCC1)C1CCCO1. The molecule has 0 bridgehead atoms. The van der Waals surface area contributed by atoms with Gasteiger partial charge in [0.15, 0.2) is 0 Å². The van der Waals surface area contributed by atoms with Gasteiger partial charge in [-0.2, -0.15) is 0 Å². The molecule has 0 radical (unpaired) electrons. The highest BCUT2D eigenvalue weighted by atomic mass is 16.5. The molecule has 0 aromatic heterocycles. The molecule has 88 valence electrons. The van der Waals surface area contributed by atoms with E-state index in [-0.39, 0.29) is 0 Å². The smallest absolute Gasteiger partial charge is 0.0731 e. The Kier molecular flexibility index (Phi) is 4.45. The number of likely N-dealkylation sites (N-methyl/N-ethyl adjacent to an activating group) is 1. The van der Waals surface area contributed by atoms with Gasteiger partial charge in [-0.15, -0.1) is 0 Å². The van der Waals surface area contributed by atoms with Gasteiger partial charge >= 0.3 is 0 Å².